The predicted molar refractivity (Wildman–Crippen MR) is 136 cm³/mol. The number of aryl methyl sites for hydroxylation is 3. The van der Waals surface area contributed by atoms with Gasteiger partial charge in [-0.2, -0.15) is 5.10 Å². The maximum Gasteiger partial charge on any atom is 0.267 e. The van der Waals surface area contributed by atoms with Gasteiger partial charge in [-0.05, 0) is 56.7 Å². The third kappa shape index (κ3) is 4.17. The summed E-state index contributed by atoms with van der Waals surface area (Å²) in [7, 11) is 1.63. The van der Waals surface area contributed by atoms with Crippen molar-refractivity contribution < 1.29 is 9.47 Å². The van der Waals surface area contributed by atoms with Gasteiger partial charge in [0.15, 0.2) is 11.4 Å². The van der Waals surface area contributed by atoms with Crippen molar-refractivity contribution in [3.63, 3.8) is 0 Å². The Morgan fingerprint density at radius 2 is 1.66 bits per heavy atom. The Balaban J connectivity index is 1.55. The van der Waals surface area contributed by atoms with Crippen molar-refractivity contribution in [2.75, 3.05) is 7.11 Å². The molecule has 0 saturated heterocycles. The van der Waals surface area contributed by atoms with Crippen molar-refractivity contribution in [3.8, 4) is 28.4 Å². The zero-order chi connectivity index (χ0) is 24.5. The average Bonchev–Trinajstić information content (AvgIpc) is 3.24. The van der Waals surface area contributed by atoms with Crippen LogP contribution in [0.2, 0.25) is 0 Å². The number of benzene rings is 2. The van der Waals surface area contributed by atoms with Crippen LogP contribution in [-0.4, -0.2) is 26.3 Å². The minimum Gasteiger partial charge on any atom is -0.494 e. The van der Waals surface area contributed by atoms with Crippen molar-refractivity contribution >= 4 is 5.65 Å². The molecular formula is C28H26N4O3. The normalized spacial score (nSPS) is 11.1. The summed E-state index contributed by atoms with van der Waals surface area (Å²) in [6.45, 7) is 6.21. The topological polar surface area (TPSA) is 70.7 Å². The van der Waals surface area contributed by atoms with Gasteiger partial charge in [0.05, 0.1) is 18.4 Å². The van der Waals surface area contributed by atoms with Crippen LogP contribution in [0.1, 0.15) is 22.5 Å². The van der Waals surface area contributed by atoms with E-state index in [-0.39, 0.29) is 5.56 Å². The Labute approximate surface area is 203 Å². The molecule has 0 bridgehead atoms. The Morgan fingerprint density at radius 3 is 2.43 bits per heavy atom. The van der Waals surface area contributed by atoms with Crippen LogP contribution in [0.5, 0.6) is 11.5 Å². The van der Waals surface area contributed by atoms with E-state index in [2.05, 4.69) is 0 Å². The van der Waals surface area contributed by atoms with E-state index in [1.54, 1.807) is 24.1 Å². The third-order valence-electron chi connectivity index (χ3n) is 5.97. The van der Waals surface area contributed by atoms with Crippen LogP contribution < -0.4 is 15.0 Å². The lowest BCUT2D eigenvalue weighted by atomic mass is 10.1. The molecule has 0 spiro atoms. The predicted octanol–water partition coefficient (Wildman–Crippen LogP) is 5.06. The fourth-order valence-corrected chi connectivity index (χ4v) is 4.14. The zero-order valence-electron chi connectivity index (χ0n) is 20.1. The fraction of sp³-hybridized carbons (Fsp3) is 0.179. The molecule has 0 fully saturated rings. The number of pyridine rings is 1. The molecular weight excluding hydrogens is 440 g/mol. The Hall–Kier alpha value is -4.39. The number of methoxy groups -OCH3 is 1. The second kappa shape index (κ2) is 9.10. The van der Waals surface area contributed by atoms with E-state index >= 15 is 0 Å². The van der Waals surface area contributed by atoms with E-state index in [1.165, 1.54) is 9.96 Å². The van der Waals surface area contributed by atoms with E-state index in [4.69, 9.17) is 19.6 Å². The minimum atomic E-state index is -0.196. The van der Waals surface area contributed by atoms with Gasteiger partial charge in [0.1, 0.15) is 23.7 Å². The molecule has 0 amide bonds. The maximum atomic E-state index is 13.6. The Bertz CT molecular complexity index is 1580. The molecule has 2 aromatic carbocycles. The number of ether oxygens (including phenoxy) is 2. The molecule has 0 unspecified atom stereocenters. The summed E-state index contributed by atoms with van der Waals surface area (Å²) in [6, 6.07) is 21.3. The highest BCUT2D eigenvalue weighted by molar-refractivity contribution is 5.66. The SMILES string of the molecule is COc1ccccc1-n1nc(-c2c(C)nc3c(OCc4ccc(C)cc4)cccn3c2=O)cc1C. The molecule has 5 rings (SSSR count). The van der Waals surface area contributed by atoms with Gasteiger partial charge in [-0.25, -0.2) is 9.67 Å². The molecule has 0 aliphatic carbocycles. The summed E-state index contributed by atoms with van der Waals surface area (Å²) in [5.41, 5.74) is 5.81. The molecule has 35 heavy (non-hydrogen) atoms. The fourth-order valence-electron chi connectivity index (χ4n) is 4.14. The van der Waals surface area contributed by atoms with E-state index in [1.807, 2.05) is 81.4 Å². The molecule has 7 heteroatoms. The van der Waals surface area contributed by atoms with Gasteiger partial charge in [0.25, 0.3) is 5.56 Å². The lowest BCUT2D eigenvalue weighted by Gasteiger charge is -2.12. The number of para-hydroxylation sites is 2. The number of nitrogens with zero attached hydrogens (tertiary/aromatic N) is 4. The summed E-state index contributed by atoms with van der Waals surface area (Å²) >= 11 is 0. The van der Waals surface area contributed by atoms with Crippen molar-refractivity contribution in [2.45, 2.75) is 27.4 Å². The van der Waals surface area contributed by atoms with Crippen LogP contribution in [0, 0.1) is 20.8 Å². The molecule has 0 aliphatic rings. The Kier molecular flexibility index (Phi) is 5.82. The summed E-state index contributed by atoms with van der Waals surface area (Å²) in [4.78, 5) is 18.3. The van der Waals surface area contributed by atoms with Crippen LogP contribution in [-0.2, 0) is 6.61 Å². The molecule has 3 aromatic heterocycles. The van der Waals surface area contributed by atoms with E-state index in [0.29, 0.717) is 40.7 Å². The van der Waals surface area contributed by atoms with Gasteiger partial charge in [-0.3, -0.25) is 9.20 Å². The van der Waals surface area contributed by atoms with Crippen molar-refractivity contribution in [1.82, 2.24) is 19.2 Å². The molecule has 0 saturated carbocycles. The molecule has 0 atom stereocenters. The lowest BCUT2D eigenvalue weighted by Crippen LogP contribution is -2.19. The first-order valence-electron chi connectivity index (χ1n) is 11.4. The largest absolute Gasteiger partial charge is 0.494 e. The summed E-state index contributed by atoms with van der Waals surface area (Å²) in [5.74, 6) is 1.25. The molecule has 3 heterocycles. The molecule has 0 N–H and O–H groups in total. The second-order valence-corrected chi connectivity index (χ2v) is 8.47. The molecule has 5 aromatic rings. The van der Waals surface area contributed by atoms with Crippen LogP contribution in [0.4, 0.5) is 0 Å². The summed E-state index contributed by atoms with van der Waals surface area (Å²) in [6.07, 6.45) is 1.70. The van der Waals surface area contributed by atoms with E-state index < -0.39 is 0 Å². The van der Waals surface area contributed by atoms with E-state index in [9.17, 15) is 4.79 Å². The first-order valence-corrected chi connectivity index (χ1v) is 11.4. The number of hydrogen-bond acceptors (Lipinski definition) is 5. The van der Waals surface area contributed by atoms with E-state index in [0.717, 1.165) is 16.9 Å². The van der Waals surface area contributed by atoms with Crippen LogP contribution >= 0.6 is 0 Å². The Morgan fingerprint density at radius 1 is 0.914 bits per heavy atom. The average molecular weight is 467 g/mol. The van der Waals surface area contributed by atoms with Crippen LogP contribution in [0.3, 0.4) is 0 Å². The second-order valence-electron chi connectivity index (χ2n) is 8.47. The summed E-state index contributed by atoms with van der Waals surface area (Å²) < 4.78 is 14.8. The number of rotatable bonds is 6. The van der Waals surface area contributed by atoms with Gasteiger partial charge in [-0.1, -0.05) is 42.0 Å². The van der Waals surface area contributed by atoms with Crippen molar-refractivity contribution in [1.29, 1.82) is 0 Å². The standard InChI is InChI=1S/C28H26N4O3/c1-18-11-13-21(14-12-18)17-35-25-10-7-15-31-27(25)29-20(3)26(28(31)33)22-16-19(2)32(30-22)23-8-5-6-9-24(23)34-4/h5-16H,17H2,1-4H3. The van der Waals surface area contributed by atoms with Crippen molar-refractivity contribution in [2.24, 2.45) is 0 Å². The third-order valence-corrected chi connectivity index (χ3v) is 5.97. The van der Waals surface area contributed by atoms with Gasteiger partial charge >= 0.3 is 0 Å². The van der Waals surface area contributed by atoms with Gasteiger partial charge < -0.3 is 9.47 Å². The number of fused-ring (bicyclic) bond motifs is 1. The van der Waals surface area contributed by atoms with Gasteiger partial charge in [0.2, 0.25) is 0 Å². The highest BCUT2D eigenvalue weighted by Crippen LogP contribution is 2.27. The quantitative estimate of drug-likeness (QED) is 0.350. The first kappa shape index (κ1) is 22.4. The highest BCUT2D eigenvalue weighted by atomic mass is 16.5. The van der Waals surface area contributed by atoms with Gasteiger partial charge in [0, 0.05) is 11.9 Å². The zero-order valence-corrected chi connectivity index (χ0v) is 20.1. The molecule has 176 valence electrons. The number of aromatic nitrogens is 4. The summed E-state index contributed by atoms with van der Waals surface area (Å²) in [5, 5.41) is 4.74. The smallest absolute Gasteiger partial charge is 0.267 e. The monoisotopic (exact) mass is 466 g/mol. The van der Waals surface area contributed by atoms with Crippen LogP contribution in [0.25, 0.3) is 22.6 Å². The van der Waals surface area contributed by atoms with Gasteiger partial charge in [-0.15, -0.1) is 0 Å². The first-order chi connectivity index (χ1) is 17.0. The highest BCUT2D eigenvalue weighted by Gasteiger charge is 2.19. The minimum absolute atomic E-state index is 0.196. The lowest BCUT2D eigenvalue weighted by molar-refractivity contribution is 0.308. The van der Waals surface area contributed by atoms with Crippen molar-refractivity contribution in [3.05, 3.63) is 106 Å². The number of hydrogen-bond donors (Lipinski definition) is 0. The van der Waals surface area contributed by atoms with Crippen LogP contribution in [0.15, 0.2) is 77.7 Å². The molecule has 0 radical (unpaired) electrons. The molecule has 0 aliphatic heterocycles. The maximum absolute atomic E-state index is 13.6. The molecule has 7 nitrogen and oxygen atoms in total.